The number of aliphatic hydroxyl groups excluding tert-OH is 1. The van der Waals surface area contributed by atoms with E-state index in [4.69, 9.17) is 0 Å². The SMILES string of the molecule is C[C@H]1C(C(=N)C2CCN(c3cc(C(=O)N4CCCCC4)c(C(F)(F)F)cn3)CC2)=C(NC(c2ccccc2)c2ccccc2)NC(=O)[C@H]1O. The largest absolute Gasteiger partial charge is 0.418 e. The molecule has 12 heteroatoms. The molecule has 258 valence electrons. The number of aliphatic hydroxyl groups is 1. The normalized spacial score (nSPS) is 20.7. The third kappa shape index (κ3) is 7.34. The Morgan fingerprint density at radius 3 is 2.14 bits per heavy atom. The van der Waals surface area contributed by atoms with Gasteiger partial charge in [-0.05, 0) is 49.3 Å². The van der Waals surface area contributed by atoms with Crippen molar-refractivity contribution >= 4 is 23.3 Å². The van der Waals surface area contributed by atoms with Crippen LogP contribution in [0.3, 0.4) is 0 Å². The zero-order valence-electron chi connectivity index (χ0n) is 27.3. The van der Waals surface area contributed by atoms with Crippen molar-refractivity contribution in [3.63, 3.8) is 0 Å². The van der Waals surface area contributed by atoms with E-state index < -0.39 is 35.6 Å². The molecule has 49 heavy (non-hydrogen) atoms. The van der Waals surface area contributed by atoms with E-state index in [-0.39, 0.29) is 23.2 Å². The van der Waals surface area contributed by atoms with Gasteiger partial charge < -0.3 is 30.9 Å². The van der Waals surface area contributed by atoms with Gasteiger partial charge in [-0.15, -0.1) is 0 Å². The van der Waals surface area contributed by atoms with Gasteiger partial charge in [0.15, 0.2) is 0 Å². The maximum absolute atomic E-state index is 14.0. The lowest BCUT2D eigenvalue weighted by molar-refractivity contribution is -0.138. The molecular weight excluding hydrogens is 633 g/mol. The van der Waals surface area contributed by atoms with Crippen LogP contribution in [-0.4, -0.2) is 64.8 Å². The number of likely N-dealkylation sites (tertiary alicyclic amines) is 1. The number of hydrogen-bond acceptors (Lipinski definition) is 7. The van der Waals surface area contributed by atoms with Gasteiger partial charge in [-0.2, -0.15) is 13.2 Å². The molecule has 0 radical (unpaired) electrons. The minimum Gasteiger partial charge on any atom is -0.383 e. The third-order valence-electron chi connectivity index (χ3n) is 9.86. The maximum Gasteiger partial charge on any atom is 0.418 e. The van der Waals surface area contributed by atoms with E-state index in [9.17, 15) is 33.3 Å². The quantitative estimate of drug-likeness (QED) is 0.228. The summed E-state index contributed by atoms with van der Waals surface area (Å²) in [7, 11) is 0. The number of nitrogens with one attached hydrogen (secondary N) is 3. The summed E-state index contributed by atoms with van der Waals surface area (Å²) in [6.45, 7) is 3.40. The van der Waals surface area contributed by atoms with E-state index in [2.05, 4.69) is 15.6 Å². The number of benzene rings is 2. The van der Waals surface area contributed by atoms with Gasteiger partial charge in [0.05, 0.1) is 17.2 Å². The van der Waals surface area contributed by atoms with Crippen LogP contribution in [0.2, 0.25) is 0 Å². The molecule has 0 spiro atoms. The Bertz CT molecular complexity index is 1660. The topological polar surface area (TPSA) is 122 Å². The van der Waals surface area contributed by atoms with E-state index in [1.807, 2.05) is 65.6 Å². The summed E-state index contributed by atoms with van der Waals surface area (Å²) in [6.07, 6.45) is -1.84. The highest BCUT2D eigenvalue weighted by atomic mass is 19.4. The van der Waals surface area contributed by atoms with E-state index in [1.165, 1.54) is 11.0 Å². The molecule has 6 rings (SSSR count). The minimum absolute atomic E-state index is 0.247. The van der Waals surface area contributed by atoms with Gasteiger partial charge in [0.1, 0.15) is 17.7 Å². The van der Waals surface area contributed by atoms with Crippen LogP contribution in [-0.2, 0) is 11.0 Å². The third-order valence-corrected chi connectivity index (χ3v) is 9.86. The number of rotatable bonds is 8. The lowest BCUT2D eigenvalue weighted by Gasteiger charge is -2.38. The molecule has 9 nitrogen and oxygen atoms in total. The molecule has 2 atom stereocenters. The van der Waals surface area contributed by atoms with Crippen molar-refractivity contribution < 1.29 is 27.9 Å². The highest BCUT2D eigenvalue weighted by Crippen LogP contribution is 2.36. The van der Waals surface area contributed by atoms with Crippen LogP contribution >= 0.6 is 0 Å². The second-order valence-electron chi connectivity index (χ2n) is 13.0. The molecule has 3 aliphatic heterocycles. The Kier molecular flexibility index (Phi) is 10.0. The first kappa shape index (κ1) is 34.2. The first-order valence-electron chi connectivity index (χ1n) is 16.8. The fraction of sp³-hybridized carbons (Fsp3) is 0.405. The highest BCUT2D eigenvalue weighted by molar-refractivity contribution is 6.03. The summed E-state index contributed by atoms with van der Waals surface area (Å²) in [5, 5.41) is 26.4. The molecular formula is C37H41F3N6O3. The predicted molar refractivity (Wildman–Crippen MR) is 180 cm³/mol. The van der Waals surface area contributed by atoms with Crippen molar-refractivity contribution in [3.8, 4) is 0 Å². The number of nitrogens with zero attached hydrogens (tertiary/aromatic N) is 3. The number of amides is 2. The zero-order valence-corrected chi connectivity index (χ0v) is 27.3. The number of carbonyl (C=O) groups is 2. The van der Waals surface area contributed by atoms with Crippen LogP contribution in [0.25, 0.3) is 0 Å². The molecule has 2 fully saturated rings. The summed E-state index contributed by atoms with van der Waals surface area (Å²) in [5.41, 5.74) is 1.29. The van der Waals surface area contributed by atoms with Crippen LogP contribution in [0.1, 0.15) is 72.1 Å². The van der Waals surface area contributed by atoms with Crippen molar-refractivity contribution in [1.82, 2.24) is 20.5 Å². The molecule has 3 aliphatic rings. The van der Waals surface area contributed by atoms with Gasteiger partial charge >= 0.3 is 6.18 Å². The molecule has 4 N–H and O–H groups in total. The minimum atomic E-state index is -4.72. The lowest BCUT2D eigenvalue weighted by atomic mass is 9.80. The van der Waals surface area contributed by atoms with E-state index in [0.29, 0.717) is 56.2 Å². The molecule has 2 aromatic carbocycles. The van der Waals surface area contributed by atoms with Crippen LogP contribution in [0.4, 0.5) is 19.0 Å². The lowest BCUT2D eigenvalue weighted by Crippen LogP contribution is -2.51. The average molecular weight is 675 g/mol. The summed E-state index contributed by atoms with van der Waals surface area (Å²) < 4.78 is 41.9. The number of alkyl halides is 3. The Labute approximate surface area is 283 Å². The standard InChI is InChI=1S/C37H41F3N6O3/c1-23-30(34(44-35(48)33(23)47)43-32(25-11-5-2-6-12-25)26-13-7-3-8-14-26)31(41)24-15-19-45(20-16-24)29-21-27(28(22-42-29)37(38,39)40)36(49)46-17-9-4-10-18-46/h2-3,5-8,11-14,21-24,32-33,41,43,47H,4,9-10,15-20H2,1H3,(H,44,48)/t23-,33-/m0/s1. The van der Waals surface area contributed by atoms with Gasteiger partial charge in [-0.3, -0.25) is 9.59 Å². The molecule has 1 aromatic heterocycles. The molecule has 2 saturated heterocycles. The van der Waals surface area contributed by atoms with Gasteiger partial charge in [0, 0.05) is 55.5 Å². The molecule has 0 unspecified atom stereocenters. The fourth-order valence-corrected chi connectivity index (χ4v) is 7.07. The molecule has 0 aliphatic carbocycles. The summed E-state index contributed by atoms with van der Waals surface area (Å²) >= 11 is 0. The summed E-state index contributed by atoms with van der Waals surface area (Å²) in [5.74, 6) is -1.42. The highest BCUT2D eigenvalue weighted by Gasteiger charge is 2.40. The number of halogens is 3. The smallest absolute Gasteiger partial charge is 0.383 e. The van der Waals surface area contributed by atoms with Crippen LogP contribution < -0.4 is 15.5 Å². The van der Waals surface area contributed by atoms with Crippen molar-refractivity contribution in [3.05, 3.63) is 107 Å². The van der Waals surface area contributed by atoms with Gasteiger partial charge in [-0.25, -0.2) is 4.98 Å². The zero-order chi connectivity index (χ0) is 34.7. The maximum atomic E-state index is 14.0. The molecule has 2 amide bonds. The van der Waals surface area contributed by atoms with E-state index in [1.54, 1.807) is 6.92 Å². The summed E-state index contributed by atoms with van der Waals surface area (Å²) in [6, 6.07) is 20.4. The first-order valence-corrected chi connectivity index (χ1v) is 16.8. The van der Waals surface area contributed by atoms with Crippen LogP contribution in [0, 0.1) is 17.2 Å². The average Bonchev–Trinajstić information content (AvgIpc) is 3.13. The molecule has 3 aromatic rings. The number of hydrogen-bond donors (Lipinski definition) is 4. The first-order chi connectivity index (χ1) is 23.5. The van der Waals surface area contributed by atoms with Crippen molar-refractivity contribution in [1.29, 1.82) is 5.41 Å². The molecule has 4 heterocycles. The van der Waals surface area contributed by atoms with E-state index >= 15 is 0 Å². The Morgan fingerprint density at radius 2 is 1.57 bits per heavy atom. The number of carbonyl (C=O) groups excluding carboxylic acids is 2. The molecule has 0 bridgehead atoms. The second kappa shape index (κ2) is 14.4. The molecule has 0 saturated carbocycles. The predicted octanol–water partition coefficient (Wildman–Crippen LogP) is 5.68. The van der Waals surface area contributed by atoms with Crippen molar-refractivity contribution in [2.24, 2.45) is 11.8 Å². The van der Waals surface area contributed by atoms with E-state index in [0.717, 1.165) is 36.6 Å². The van der Waals surface area contributed by atoms with Crippen LogP contribution in [0.15, 0.2) is 84.3 Å². The van der Waals surface area contributed by atoms with Crippen molar-refractivity contribution in [2.45, 2.75) is 57.3 Å². The van der Waals surface area contributed by atoms with Gasteiger partial charge in [0.25, 0.3) is 11.8 Å². The summed E-state index contributed by atoms with van der Waals surface area (Å²) in [4.78, 5) is 33.6. The van der Waals surface area contributed by atoms with Crippen molar-refractivity contribution in [2.75, 3.05) is 31.1 Å². The van der Waals surface area contributed by atoms with Gasteiger partial charge in [-0.1, -0.05) is 67.6 Å². The Hall–Kier alpha value is -4.71. The second-order valence-corrected chi connectivity index (χ2v) is 13.0. The monoisotopic (exact) mass is 674 g/mol. The Balaban J connectivity index is 1.24. The number of aromatic nitrogens is 1. The fourth-order valence-electron chi connectivity index (χ4n) is 7.07. The Morgan fingerprint density at radius 1 is 0.980 bits per heavy atom. The van der Waals surface area contributed by atoms with Gasteiger partial charge in [0.2, 0.25) is 0 Å². The number of pyridine rings is 1. The number of piperidine rings is 2. The number of anilines is 1. The van der Waals surface area contributed by atoms with Crippen LogP contribution in [0.5, 0.6) is 0 Å².